The highest BCUT2D eigenvalue weighted by atomic mass is 31.3. The molecule has 1 aliphatic heterocycles. The molecular formula is C5H10F3O11P3. The van der Waals surface area contributed by atoms with Gasteiger partial charge in [-0.05, 0) is 0 Å². The molecule has 0 amide bonds. The molecule has 2 unspecified atom stereocenters. The molecule has 1 heterocycles. The zero-order chi connectivity index (χ0) is 17.4. The normalized spacial score (nSPS) is 35.0. The summed E-state index contributed by atoms with van der Waals surface area (Å²) in [5, 5.41) is 0. The number of ether oxygens (including phenoxy) is 1. The van der Waals surface area contributed by atoms with Crippen molar-refractivity contribution in [2.24, 2.45) is 0 Å². The lowest BCUT2D eigenvalue weighted by Gasteiger charge is -2.22. The van der Waals surface area contributed by atoms with Crippen LogP contribution in [0, 0.1) is 0 Å². The first-order valence-electron chi connectivity index (χ1n) is 5.05. The molecule has 4 N–H and O–H groups in total. The molecule has 1 saturated heterocycles. The van der Waals surface area contributed by atoms with Crippen LogP contribution in [0.3, 0.4) is 0 Å². The summed E-state index contributed by atoms with van der Waals surface area (Å²) in [6.07, 6.45) is -5.23. The van der Waals surface area contributed by atoms with Gasteiger partial charge in [-0.25, -0.2) is 26.9 Å². The fourth-order valence-corrected chi connectivity index (χ4v) is 4.28. The fraction of sp³-hybridized carbons (Fsp3) is 1.00. The zero-order valence-corrected chi connectivity index (χ0v) is 12.9. The molecule has 0 spiro atoms. The molecule has 0 saturated carbocycles. The van der Waals surface area contributed by atoms with Gasteiger partial charge in [0.2, 0.25) is 0 Å². The van der Waals surface area contributed by atoms with Crippen LogP contribution >= 0.6 is 23.5 Å². The lowest BCUT2D eigenvalue weighted by Crippen LogP contribution is -2.39. The predicted molar refractivity (Wildman–Crippen MR) is 59.4 cm³/mol. The van der Waals surface area contributed by atoms with Gasteiger partial charge in [0.05, 0.1) is 6.61 Å². The number of hydrogen-bond donors (Lipinski definition) is 4. The van der Waals surface area contributed by atoms with Gasteiger partial charge in [-0.1, -0.05) is 0 Å². The predicted octanol–water partition coefficient (Wildman–Crippen LogP) is 0.702. The Hall–Kier alpha value is 0.160. The van der Waals surface area contributed by atoms with Gasteiger partial charge in [-0.2, -0.15) is 8.62 Å². The third kappa shape index (κ3) is 5.99. The first kappa shape index (κ1) is 20.2. The number of alkyl halides is 3. The van der Waals surface area contributed by atoms with E-state index in [0.29, 0.717) is 0 Å². The molecule has 11 nitrogen and oxygen atoms in total. The van der Waals surface area contributed by atoms with Gasteiger partial charge in [0, 0.05) is 0 Å². The Morgan fingerprint density at radius 1 is 1.09 bits per heavy atom. The summed E-state index contributed by atoms with van der Waals surface area (Å²) in [6, 6.07) is 0. The van der Waals surface area contributed by atoms with Crippen molar-refractivity contribution in [3.05, 3.63) is 0 Å². The number of phosphoric acid groups is 3. The van der Waals surface area contributed by atoms with Gasteiger partial charge in [0.25, 0.3) is 5.85 Å². The highest BCUT2D eigenvalue weighted by Crippen LogP contribution is 2.66. The second-order valence-electron chi connectivity index (χ2n) is 3.88. The molecule has 0 radical (unpaired) electrons. The minimum absolute atomic E-state index is 1.00. The first-order chi connectivity index (χ1) is 9.66. The smallest absolute Gasteiger partial charge is 0.339 e. The SMILES string of the molecule is O=P(O)(O)OP(=O)(O)OP(=O)(O)OC[C@@]1(F)OC[C@H](F)[C@@H]1F. The molecule has 0 aromatic heterocycles. The van der Waals surface area contributed by atoms with Gasteiger partial charge in [0.15, 0.2) is 12.3 Å². The summed E-state index contributed by atoms with van der Waals surface area (Å²) >= 11 is 0. The highest BCUT2D eigenvalue weighted by Gasteiger charge is 2.54. The van der Waals surface area contributed by atoms with E-state index in [1.54, 1.807) is 0 Å². The standard InChI is InChI=1S/C5H10F3O11P3/c6-3-1-16-5(8,4(3)7)2-17-21(12,13)19-22(14,15)18-20(9,10)11/h3-4H,1-2H2,(H,12,13)(H,14,15)(H2,9,10,11)/t3-,4-,5+/m0/s1. The van der Waals surface area contributed by atoms with Gasteiger partial charge < -0.3 is 24.3 Å². The van der Waals surface area contributed by atoms with E-state index in [0.717, 1.165) is 0 Å². The van der Waals surface area contributed by atoms with Crippen molar-refractivity contribution < 1.29 is 64.3 Å². The van der Waals surface area contributed by atoms with Crippen molar-refractivity contribution in [1.29, 1.82) is 0 Å². The number of phosphoric ester groups is 1. The average molecular weight is 396 g/mol. The number of hydrogen-bond acceptors (Lipinski definition) is 7. The van der Waals surface area contributed by atoms with E-state index >= 15 is 0 Å². The third-order valence-corrected chi connectivity index (χ3v) is 5.83. The minimum Gasteiger partial charge on any atom is -0.339 e. The van der Waals surface area contributed by atoms with Crippen molar-refractivity contribution >= 4 is 23.5 Å². The van der Waals surface area contributed by atoms with Crippen LogP contribution in [0.15, 0.2) is 0 Å². The van der Waals surface area contributed by atoms with Crippen molar-refractivity contribution in [2.75, 3.05) is 13.2 Å². The van der Waals surface area contributed by atoms with Gasteiger partial charge in [-0.15, -0.1) is 0 Å². The molecule has 1 fully saturated rings. The lowest BCUT2D eigenvalue weighted by molar-refractivity contribution is -0.161. The summed E-state index contributed by atoms with van der Waals surface area (Å²) in [5.74, 6) is -3.45. The summed E-state index contributed by atoms with van der Waals surface area (Å²) < 4.78 is 86.4. The second-order valence-corrected chi connectivity index (χ2v) is 8.30. The largest absolute Gasteiger partial charge is 0.490 e. The Bertz CT molecular complexity index is 551. The van der Waals surface area contributed by atoms with Crippen LogP contribution in [0.2, 0.25) is 0 Å². The lowest BCUT2D eigenvalue weighted by atomic mass is 10.2. The van der Waals surface area contributed by atoms with Crippen LogP contribution in [0.4, 0.5) is 13.2 Å². The van der Waals surface area contributed by atoms with E-state index in [2.05, 4.69) is 17.9 Å². The van der Waals surface area contributed by atoms with Crippen LogP contribution in [0.1, 0.15) is 0 Å². The van der Waals surface area contributed by atoms with Gasteiger partial charge >= 0.3 is 23.5 Å². The van der Waals surface area contributed by atoms with E-state index in [9.17, 15) is 26.9 Å². The summed E-state index contributed by atoms with van der Waals surface area (Å²) in [7, 11) is -17.0. The molecule has 0 aromatic carbocycles. The maximum Gasteiger partial charge on any atom is 0.490 e. The molecule has 0 aromatic rings. The Morgan fingerprint density at radius 2 is 1.64 bits per heavy atom. The topological polar surface area (TPSA) is 169 Å². The Labute approximate surface area is 120 Å². The minimum atomic E-state index is -5.78. The van der Waals surface area contributed by atoms with E-state index in [1.807, 2.05) is 0 Å². The Kier molecular flexibility index (Phi) is 6.04. The molecule has 5 atom stereocenters. The molecule has 1 rings (SSSR count). The van der Waals surface area contributed by atoms with Crippen LogP contribution in [-0.4, -0.2) is 51.0 Å². The molecular weight excluding hydrogens is 386 g/mol. The quantitative estimate of drug-likeness (QED) is 0.447. The average Bonchev–Trinajstić information content (AvgIpc) is 2.51. The summed E-state index contributed by atoms with van der Waals surface area (Å²) in [4.78, 5) is 34.3. The van der Waals surface area contributed by atoms with E-state index < -0.39 is 54.9 Å². The third-order valence-electron chi connectivity index (χ3n) is 2.05. The molecule has 17 heteroatoms. The highest BCUT2D eigenvalue weighted by molar-refractivity contribution is 7.66. The van der Waals surface area contributed by atoms with Crippen molar-refractivity contribution in [3.8, 4) is 0 Å². The van der Waals surface area contributed by atoms with Crippen molar-refractivity contribution in [3.63, 3.8) is 0 Å². The van der Waals surface area contributed by atoms with Crippen LogP contribution in [-0.2, 0) is 31.6 Å². The van der Waals surface area contributed by atoms with E-state index in [-0.39, 0.29) is 0 Å². The molecule has 132 valence electrons. The van der Waals surface area contributed by atoms with Crippen LogP contribution in [0.25, 0.3) is 0 Å². The van der Waals surface area contributed by atoms with Crippen LogP contribution < -0.4 is 0 Å². The van der Waals surface area contributed by atoms with Crippen molar-refractivity contribution in [2.45, 2.75) is 18.2 Å². The first-order valence-corrected chi connectivity index (χ1v) is 9.57. The maximum absolute atomic E-state index is 13.7. The van der Waals surface area contributed by atoms with Crippen molar-refractivity contribution in [1.82, 2.24) is 0 Å². The second kappa shape index (κ2) is 6.58. The van der Waals surface area contributed by atoms with E-state index in [1.165, 1.54) is 0 Å². The number of halogens is 3. The molecule has 1 aliphatic rings. The van der Waals surface area contributed by atoms with E-state index in [4.69, 9.17) is 19.6 Å². The summed E-state index contributed by atoms with van der Waals surface area (Å²) in [6.45, 7) is -2.71. The summed E-state index contributed by atoms with van der Waals surface area (Å²) in [5.41, 5.74) is 0. The monoisotopic (exact) mass is 396 g/mol. The molecule has 0 bridgehead atoms. The fourth-order valence-electron chi connectivity index (χ4n) is 1.25. The molecule has 0 aliphatic carbocycles. The van der Waals surface area contributed by atoms with Gasteiger partial charge in [-0.3, -0.25) is 4.52 Å². The number of rotatable bonds is 7. The molecule has 22 heavy (non-hydrogen) atoms. The Balaban J connectivity index is 2.67. The maximum atomic E-state index is 13.7. The Morgan fingerprint density at radius 3 is 2.05 bits per heavy atom. The van der Waals surface area contributed by atoms with Crippen LogP contribution in [0.5, 0.6) is 0 Å². The zero-order valence-electron chi connectivity index (χ0n) is 10.2. The van der Waals surface area contributed by atoms with Gasteiger partial charge in [0.1, 0.15) is 6.61 Å².